The van der Waals surface area contributed by atoms with E-state index in [-0.39, 0.29) is 0 Å². The van der Waals surface area contributed by atoms with Crippen LogP contribution in [-0.2, 0) is 6.54 Å². The molecule has 0 amide bonds. The molecule has 0 fully saturated rings. The number of halogens is 1. The monoisotopic (exact) mass is 333 g/mol. The molecule has 0 aliphatic heterocycles. The van der Waals surface area contributed by atoms with Crippen molar-refractivity contribution < 1.29 is 0 Å². The summed E-state index contributed by atoms with van der Waals surface area (Å²) in [7, 11) is 0. The van der Waals surface area contributed by atoms with Crippen LogP contribution >= 0.6 is 27.3 Å². The lowest BCUT2D eigenvalue weighted by Gasteiger charge is -2.11. The van der Waals surface area contributed by atoms with Crippen LogP contribution in [0.25, 0.3) is 10.7 Å². The van der Waals surface area contributed by atoms with Gasteiger partial charge in [-0.1, -0.05) is 28.1 Å². The number of aromatic nitrogens is 2. The van der Waals surface area contributed by atoms with Gasteiger partial charge in [-0.25, -0.2) is 4.98 Å². The number of benzene rings is 1. The Morgan fingerprint density at radius 1 is 1.26 bits per heavy atom. The molecule has 96 valence electrons. The third kappa shape index (κ3) is 2.43. The van der Waals surface area contributed by atoms with Crippen molar-refractivity contribution in [3.05, 3.63) is 58.1 Å². The molecule has 1 aromatic carbocycles. The van der Waals surface area contributed by atoms with Gasteiger partial charge in [-0.3, -0.25) is 0 Å². The highest BCUT2D eigenvalue weighted by Gasteiger charge is 2.10. The SMILES string of the molecule is Nc1cccc(Br)c1Cn1ccnc1-c1cccs1. The van der Waals surface area contributed by atoms with Gasteiger partial charge in [0.1, 0.15) is 5.82 Å². The summed E-state index contributed by atoms with van der Waals surface area (Å²) in [4.78, 5) is 5.59. The van der Waals surface area contributed by atoms with Crippen molar-refractivity contribution in [1.82, 2.24) is 9.55 Å². The number of hydrogen-bond donors (Lipinski definition) is 1. The molecule has 3 rings (SSSR count). The minimum atomic E-state index is 0.709. The van der Waals surface area contributed by atoms with E-state index in [0.717, 1.165) is 26.4 Å². The van der Waals surface area contributed by atoms with E-state index in [0.29, 0.717) is 6.54 Å². The molecule has 0 aliphatic carbocycles. The second-order valence-corrected chi connectivity index (χ2v) is 5.97. The van der Waals surface area contributed by atoms with Gasteiger partial charge in [-0.2, -0.15) is 0 Å². The Balaban J connectivity index is 1.99. The van der Waals surface area contributed by atoms with Gasteiger partial charge in [-0.15, -0.1) is 11.3 Å². The molecular formula is C14H12BrN3S. The van der Waals surface area contributed by atoms with Crippen molar-refractivity contribution >= 4 is 33.0 Å². The smallest absolute Gasteiger partial charge is 0.150 e. The first kappa shape index (κ1) is 12.4. The lowest BCUT2D eigenvalue weighted by molar-refractivity contribution is 0.807. The van der Waals surface area contributed by atoms with Crippen molar-refractivity contribution in [1.29, 1.82) is 0 Å². The molecule has 0 unspecified atom stereocenters. The molecule has 0 aliphatic rings. The first-order chi connectivity index (χ1) is 9.25. The number of rotatable bonds is 3. The standard InChI is InChI=1S/C14H12BrN3S/c15-11-3-1-4-12(16)10(11)9-18-7-6-17-14(18)13-5-2-8-19-13/h1-8H,9,16H2. The summed E-state index contributed by atoms with van der Waals surface area (Å²) in [6, 6.07) is 9.98. The lowest BCUT2D eigenvalue weighted by Crippen LogP contribution is -2.04. The minimum Gasteiger partial charge on any atom is -0.398 e. The van der Waals surface area contributed by atoms with Crippen LogP contribution in [0, 0.1) is 0 Å². The Labute approximate surface area is 123 Å². The first-order valence-corrected chi connectivity index (χ1v) is 7.51. The normalized spacial score (nSPS) is 10.8. The van der Waals surface area contributed by atoms with Crippen LogP contribution < -0.4 is 5.73 Å². The fourth-order valence-corrected chi connectivity index (χ4v) is 3.22. The molecule has 2 N–H and O–H groups in total. The molecule has 0 atom stereocenters. The van der Waals surface area contributed by atoms with Crippen molar-refractivity contribution in [2.24, 2.45) is 0 Å². The number of anilines is 1. The topological polar surface area (TPSA) is 43.8 Å². The Kier molecular flexibility index (Phi) is 3.40. The Bertz CT molecular complexity index is 668. The average molecular weight is 334 g/mol. The van der Waals surface area contributed by atoms with Crippen molar-refractivity contribution in [3.63, 3.8) is 0 Å². The van der Waals surface area contributed by atoms with Crippen molar-refractivity contribution in [2.45, 2.75) is 6.54 Å². The molecule has 3 aromatic rings. The maximum absolute atomic E-state index is 6.05. The van der Waals surface area contributed by atoms with E-state index in [1.54, 1.807) is 11.3 Å². The maximum atomic E-state index is 6.05. The van der Waals surface area contributed by atoms with Gasteiger partial charge >= 0.3 is 0 Å². The van der Waals surface area contributed by atoms with Crippen LogP contribution in [0.3, 0.4) is 0 Å². The molecule has 2 heterocycles. The first-order valence-electron chi connectivity index (χ1n) is 5.83. The zero-order chi connectivity index (χ0) is 13.2. The Hall–Kier alpha value is -1.59. The number of imidazole rings is 1. The van der Waals surface area contributed by atoms with Crippen molar-refractivity contribution in [2.75, 3.05) is 5.73 Å². The number of hydrogen-bond acceptors (Lipinski definition) is 3. The van der Waals surface area contributed by atoms with Crippen LogP contribution in [-0.4, -0.2) is 9.55 Å². The summed E-state index contributed by atoms with van der Waals surface area (Å²) >= 11 is 5.24. The van der Waals surface area contributed by atoms with Gasteiger partial charge < -0.3 is 10.3 Å². The molecule has 0 spiro atoms. The van der Waals surface area contributed by atoms with Gasteiger partial charge in [-0.05, 0) is 23.6 Å². The fraction of sp³-hybridized carbons (Fsp3) is 0.0714. The summed E-state index contributed by atoms with van der Waals surface area (Å²) in [5, 5.41) is 2.06. The molecule has 2 aromatic heterocycles. The highest BCUT2D eigenvalue weighted by Crippen LogP contribution is 2.27. The molecule has 19 heavy (non-hydrogen) atoms. The number of nitrogens with two attached hydrogens (primary N) is 1. The van der Waals surface area contributed by atoms with Gasteiger partial charge in [0.15, 0.2) is 0 Å². The molecule has 0 bridgehead atoms. The van der Waals surface area contributed by atoms with Crippen LogP contribution in [0.1, 0.15) is 5.56 Å². The van der Waals surface area contributed by atoms with E-state index in [4.69, 9.17) is 5.73 Å². The van der Waals surface area contributed by atoms with Crippen LogP contribution in [0.15, 0.2) is 52.6 Å². The summed E-state index contributed by atoms with van der Waals surface area (Å²) in [6.07, 6.45) is 3.80. The van der Waals surface area contributed by atoms with Gasteiger partial charge in [0.05, 0.1) is 11.4 Å². The highest BCUT2D eigenvalue weighted by atomic mass is 79.9. The zero-order valence-corrected chi connectivity index (χ0v) is 12.5. The second kappa shape index (κ2) is 5.19. The van der Waals surface area contributed by atoms with Gasteiger partial charge in [0, 0.05) is 28.1 Å². The van der Waals surface area contributed by atoms with E-state index in [2.05, 4.69) is 36.9 Å². The molecule has 5 heteroatoms. The number of nitrogens with zero attached hydrogens (tertiary/aromatic N) is 2. The maximum Gasteiger partial charge on any atom is 0.150 e. The summed E-state index contributed by atoms with van der Waals surface area (Å²) in [5.74, 6) is 0.977. The third-order valence-electron chi connectivity index (χ3n) is 2.94. The van der Waals surface area contributed by atoms with E-state index < -0.39 is 0 Å². The molecule has 0 saturated heterocycles. The molecule has 0 radical (unpaired) electrons. The van der Waals surface area contributed by atoms with Crippen LogP contribution in [0.2, 0.25) is 0 Å². The Morgan fingerprint density at radius 3 is 2.89 bits per heavy atom. The minimum absolute atomic E-state index is 0.709. The van der Waals surface area contributed by atoms with Gasteiger partial charge in [0.25, 0.3) is 0 Å². The fourth-order valence-electron chi connectivity index (χ4n) is 1.98. The van der Waals surface area contributed by atoms with E-state index in [1.165, 1.54) is 0 Å². The van der Waals surface area contributed by atoms with Crippen LogP contribution in [0.5, 0.6) is 0 Å². The predicted octanol–water partition coefficient (Wildman–Crippen LogP) is 4.00. The average Bonchev–Trinajstić information content (AvgIpc) is 3.04. The third-order valence-corrected chi connectivity index (χ3v) is 4.55. The molecule has 3 nitrogen and oxygen atoms in total. The quantitative estimate of drug-likeness (QED) is 0.736. The number of thiophene rings is 1. The largest absolute Gasteiger partial charge is 0.398 e. The summed E-state index contributed by atoms with van der Waals surface area (Å²) in [6.45, 7) is 0.709. The Morgan fingerprint density at radius 2 is 2.16 bits per heavy atom. The summed E-state index contributed by atoms with van der Waals surface area (Å²) in [5.41, 5.74) is 7.92. The van der Waals surface area contributed by atoms with Gasteiger partial charge in [0.2, 0.25) is 0 Å². The molecular weight excluding hydrogens is 322 g/mol. The van der Waals surface area contributed by atoms with Crippen LogP contribution in [0.4, 0.5) is 5.69 Å². The van der Waals surface area contributed by atoms with Crippen molar-refractivity contribution in [3.8, 4) is 10.7 Å². The number of nitrogen functional groups attached to an aromatic ring is 1. The zero-order valence-electron chi connectivity index (χ0n) is 10.1. The summed E-state index contributed by atoms with van der Waals surface area (Å²) < 4.78 is 3.14. The van der Waals surface area contributed by atoms with E-state index in [9.17, 15) is 0 Å². The lowest BCUT2D eigenvalue weighted by atomic mass is 10.2. The second-order valence-electron chi connectivity index (χ2n) is 4.16. The molecule has 0 saturated carbocycles. The van der Waals surface area contributed by atoms with E-state index in [1.807, 2.05) is 36.7 Å². The highest BCUT2D eigenvalue weighted by molar-refractivity contribution is 9.10. The van der Waals surface area contributed by atoms with E-state index >= 15 is 0 Å². The predicted molar refractivity (Wildman–Crippen MR) is 83.2 cm³/mol.